The summed E-state index contributed by atoms with van der Waals surface area (Å²) in [7, 11) is 0. The number of amides is 1. The number of nitrogens with zero attached hydrogens (tertiary/aromatic N) is 5. The van der Waals surface area contributed by atoms with Crippen LogP contribution in [0.4, 0.5) is 0 Å². The predicted molar refractivity (Wildman–Crippen MR) is 94.1 cm³/mol. The van der Waals surface area contributed by atoms with Gasteiger partial charge in [-0.15, -0.1) is 0 Å². The molecule has 4 rings (SSSR count). The van der Waals surface area contributed by atoms with Gasteiger partial charge in [-0.25, -0.2) is 0 Å². The van der Waals surface area contributed by atoms with Crippen molar-refractivity contribution in [2.24, 2.45) is 0 Å². The number of furan rings is 1. The zero-order valence-corrected chi connectivity index (χ0v) is 15.0. The first-order valence-corrected chi connectivity index (χ1v) is 9.37. The molecular formula is C18H25N5O3. The number of hydrogen-bond donors (Lipinski definition) is 0. The van der Waals surface area contributed by atoms with E-state index in [9.17, 15) is 4.79 Å². The number of carbonyl (C=O) groups excluding carboxylic acids is 1. The van der Waals surface area contributed by atoms with Gasteiger partial charge in [0.2, 0.25) is 17.6 Å². The topological polar surface area (TPSA) is 78.9 Å². The lowest BCUT2D eigenvalue weighted by molar-refractivity contribution is -0.133. The second-order valence-corrected chi connectivity index (χ2v) is 6.98. The van der Waals surface area contributed by atoms with Crippen molar-refractivity contribution < 1.29 is 13.7 Å². The Kier molecular flexibility index (Phi) is 5.31. The summed E-state index contributed by atoms with van der Waals surface area (Å²) in [6.07, 6.45) is 5.13. The fraction of sp³-hybridized carbons (Fsp3) is 0.611. The second kappa shape index (κ2) is 8.01. The Morgan fingerprint density at radius 1 is 1.04 bits per heavy atom. The van der Waals surface area contributed by atoms with E-state index in [0.29, 0.717) is 30.6 Å². The van der Waals surface area contributed by atoms with Crippen LogP contribution < -0.4 is 0 Å². The number of piperidine rings is 1. The summed E-state index contributed by atoms with van der Waals surface area (Å²) < 4.78 is 10.6. The molecule has 0 saturated carbocycles. The number of likely N-dealkylation sites (tertiary alicyclic amines) is 1. The Balaban J connectivity index is 1.23. The number of rotatable bonds is 5. The third kappa shape index (κ3) is 4.13. The third-order valence-corrected chi connectivity index (χ3v) is 5.10. The van der Waals surface area contributed by atoms with Gasteiger partial charge in [0, 0.05) is 39.3 Å². The molecule has 26 heavy (non-hydrogen) atoms. The van der Waals surface area contributed by atoms with Gasteiger partial charge >= 0.3 is 0 Å². The van der Waals surface area contributed by atoms with E-state index in [-0.39, 0.29) is 5.91 Å². The summed E-state index contributed by atoms with van der Waals surface area (Å²) >= 11 is 0. The lowest BCUT2D eigenvalue weighted by atomic mass is 10.1. The normalized spacial score (nSPS) is 19.8. The molecule has 0 aromatic carbocycles. The molecule has 0 aliphatic carbocycles. The maximum atomic E-state index is 12.4. The molecule has 0 unspecified atom stereocenters. The van der Waals surface area contributed by atoms with E-state index < -0.39 is 0 Å². The first kappa shape index (κ1) is 17.2. The van der Waals surface area contributed by atoms with E-state index in [1.54, 1.807) is 12.3 Å². The van der Waals surface area contributed by atoms with Crippen LogP contribution >= 0.6 is 0 Å². The summed E-state index contributed by atoms with van der Waals surface area (Å²) in [6.45, 7) is 6.58. The van der Waals surface area contributed by atoms with Crippen LogP contribution in [-0.4, -0.2) is 76.6 Å². The molecule has 2 fully saturated rings. The van der Waals surface area contributed by atoms with E-state index >= 15 is 0 Å². The fourth-order valence-electron chi connectivity index (χ4n) is 3.56. The Morgan fingerprint density at radius 2 is 1.81 bits per heavy atom. The second-order valence-electron chi connectivity index (χ2n) is 6.98. The van der Waals surface area contributed by atoms with Gasteiger partial charge in [0.05, 0.1) is 19.4 Å². The Bertz CT molecular complexity index is 700. The lowest BCUT2D eigenvalue weighted by Crippen LogP contribution is -2.50. The average Bonchev–Trinajstić information content (AvgIpc) is 3.36. The van der Waals surface area contributed by atoms with E-state index in [2.05, 4.69) is 19.9 Å². The molecule has 0 bridgehead atoms. The van der Waals surface area contributed by atoms with Crippen LogP contribution in [0.1, 0.15) is 25.2 Å². The molecule has 1 amide bonds. The molecule has 0 atom stereocenters. The highest BCUT2D eigenvalue weighted by molar-refractivity contribution is 5.78. The van der Waals surface area contributed by atoms with Crippen LogP contribution in [-0.2, 0) is 11.3 Å². The molecule has 140 valence electrons. The van der Waals surface area contributed by atoms with Gasteiger partial charge in [-0.2, -0.15) is 4.98 Å². The summed E-state index contributed by atoms with van der Waals surface area (Å²) in [6, 6.07) is 3.61. The van der Waals surface area contributed by atoms with Gasteiger partial charge in [0.15, 0.2) is 5.76 Å². The first-order chi connectivity index (χ1) is 12.8. The van der Waals surface area contributed by atoms with Crippen molar-refractivity contribution in [3.8, 4) is 11.6 Å². The Morgan fingerprint density at radius 3 is 2.54 bits per heavy atom. The van der Waals surface area contributed by atoms with Crippen molar-refractivity contribution in [3.05, 3.63) is 24.3 Å². The number of aromatic nitrogens is 2. The van der Waals surface area contributed by atoms with Crippen molar-refractivity contribution in [1.82, 2.24) is 24.8 Å². The number of carbonyl (C=O) groups is 1. The highest BCUT2D eigenvalue weighted by Crippen LogP contribution is 2.17. The summed E-state index contributed by atoms with van der Waals surface area (Å²) in [5.41, 5.74) is 0. The van der Waals surface area contributed by atoms with E-state index in [0.717, 1.165) is 52.1 Å². The molecule has 0 N–H and O–H groups in total. The molecule has 2 aromatic heterocycles. The van der Waals surface area contributed by atoms with Crippen molar-refractivity contribution >= 4 is 5.91 Å². The molecule has 8 nitrogen and oxygen atoms in total. The van der Waals surface area contributed by atoms with Gasteiger partial charge < -0.3 is 13.8 Å². The monoisotopic (exact) mass is 359 g/mol. The number of hydrogen-bond acceptors (Lipinski definition) is 7. The summed E-state index contributed by atoms with van der Waals surface area (Å²) in [4.78, 5) is 23.3. The van der Waals surface area contributed by atoms with Gasteiger partial charge in [0.25, 0.3) is 0 Å². The molecule has 0 spiro atoms. The van der Waals surface area contributed by atoms with Crippen LogP contribution in [0.25, 0.3) is 11.6 Å². The minimum atomic E-state index is 0.276. The number of piperazine rings is 1. The van der Waals surface area contributed by atoms with Crippen LogP contribution in [0, 0.1) is 0 Å². The molecule has 2 saturated heterocycles. The minimum absolute atomic E-state index is 0.276. The maximum Gasteiger partial charge on any atom is 0.241 e. The van der Waals surface area contributed by atoms with E-state index in [1.807, 2.05) is 11.0 Å². The highest BCUT2D eigenvalue weighted by atomic mass is 16.5. The van der Waals surface area contributed by atoms with Gasteiger partial charge in [-0.1, -0.05) is 5.16 Å². The Hall–Kier alpha value is -2.19. The van der Waals surface area contributed by atoms with Gasteiger partial charge in [-0.05, 0) is 31.4 Å². The van der Waals surface area contributed by atoms with Gasteiger partial charge in [-0.3, -0.25) is 14.6 Å². The Labute approximate surface area is 152 Å². The lowest BCUT2D eigenvalue weighted by Gasteiger charge is -2.35. The third-order valence-electron chi connectivity index (χ3n) is 5.10. The van der Waals surface area contributed by atoms with Crippen LogP contribution in [0.15, 0.2) is 27.3 Å². The molecule has 2 aliphatic rings. The zero-order chi connectivity index (χ0) is 17.8. The largest absolute Gasteiger partial charge is 0.461 e. The minimum Gasteiger partial charge on any atom is -0.461 e. The van der Waals surface area contributed by atoms with Crippen molar-refractivity contribution in [2.45, 2.75) is 25.8 Å². The van der Waals surface area contributed by atoms with Crippen LogP contribution in [0.3, 0.4) is 0 Å². The molecule has 2 aromatic rings. The summed E-state index contributed by atoms with van der Waals surface area (Å²) in [5, 5.41) is 3.96. The van der Waals surface area contributed by atoms with Crippen LogP contribution in [0.5, 0.6) is 0 Å². The zero-order valence-electron chi connectivity index (χ0n) is 15.0. The van der Waals surface area contributed by atoms with Crippen LogP contribution in [0.2, 0.25) is 0 Å². The average molecular weight is 359 g/mol. The smallest absolute Gasteiger partial charge is 0.241 e. The summed E-state index contributed by atoms with van der Waals surface area (Å²) in [5.74, 6) is 1.96. The molecule has 4 heterocycles. The van der Waals surface area contributed by atoms with Crippen molar-refractivity contribution in [2.75, 3.05) is 45.8 Å². The molecule has 8 heteroatoms. The highest BCUT2D eigenvalue weighted by Gasteiger charge is 2.24. The van der Waals surface area contributed by atoms with Gasteiger partial charge in [0.1, 0.15) is 0 Å². The fourth-order valence-corrected chi connectivity index (χ4v) is 3.56. The van der Waals surface area contributed by atoms with Crippen molar-refractivity contribution in [1.29, 1.82) is 0 Å². The molecule has 0 radical (unpaired) electrons. The maximum absolute atomic E-state index is 12.4. The predicted octanol–water partition coefficient (Wildman–Crippen LogP) is 1.46. The standard InChI is InChI=1S/C18H25N5O3/c24-17(23-6-2-1-3-7-23)14-22-10-8-21(9-11-22)13-16-19-18(20-26-16)15-5-4-12-25-15/h4-5,12H,1-3,6-11,13-14H2. The molecule has 2 aliphatic heterocycles. The van der Waals surface area contributed by atoms with E-state index in [4.69, 9.17) is 8.94 Å². The van der Waals surface area contributed by atoms with Crippen molar-refractivity contribution in [3.63, 3.8) is 0 Å². The SMILES string of the molecule is O=C(CN1CCN(Cc2nc(-c3ccco3)no2)CC1)N1CCCCC1. The first-order valence-electron chi connectivity index (χ1n) is 9.37. The quantitative estimate of drug-likeness (QED) is 0.800. The molecular weight excluding hydrogens is 334 g/mol. The van der Waals surface area contributed by atoms with E-state index in [1.165, 1.54) is 6.42 Å².